The Balaban J connectivity index is 2.15. The number of unbranched alkanes of at least 4 members (excludes halogenated alkanes) is 1. The van der Waals surface area contributed by atoms with Crippen LogP contribution in [0.25, 0.3) is 0 Å². The van der Waals surface area contributed by atoms with Gasteiger partial charge in [0.05, 0.1) is 0 Å². The number of likely N-dealkylation sites (tertiary alicyclic amines) is 1. The fraction of sp³-hybridized carbons (Fsp3) is 0.933. The number of hydrogen-bond acceptors (Lipinski definition) is 3. The molecule has 3 N–H and O–H groups in total. The first-order valence-corrected chi connectivity index (χ1v) is 7.70. The molecule has 1 aliphatic rings. The molecule has 1 heterocycles. The molecule has 0 aliphatic carbocycles. The molecular weight excluding hydrogens is 238 g/mol. The van der Waals surface area contributed by atoms with Gasteiger partial charge in [0.1, 0.15) is 5.84 Å². The molecule has 0 spiro atoms. The van der Waals surface area contributed by atoms with Crippen LogP contribution in [0.1, 0.15) is 59.3 Å². The van der Waals surface area contributed by atoms with E-state index in [9.17, 15) is 0 Å². The van der Waals surface area contributed by atoms with Gasteiger partial charge in [0, 0.05) is 5.41 Å². The average molecular weight is 269 g/mol. The number of piperidine rings is 1. The highest BCUT2D eigenvalue weighted by molar-refractivity contribution is 5.85. The van der Waals surface area contributed by atoms with Gasteiger partial charge in [0.25, 0.3) is 0 Å². The van der Waals surface area contributed by atoms with Crippen molar-refractivity contribution in [3.63, 3.8) is 0 Å². The number of nitrogens with two attached hydrogens (primary N) is 1. The minimum Gasteiger partial charge on any atom is -0.409 e. The summed E-state index contributed by atoms with van der Waals surface area (Å²) in [7, 11) is 0. The van der Waals surface area contributed by atoms with Gasteiger partial charge in [-0.25, -0.2) is 0 Å². The number of hydrogen-bond donors (Lipinski definition) is 2. The summed E-state index contributed by atoms with van der Waals surface area (Å²) in [5, 5.41) is 11.9. The third-order valence-electron chi connectivity index (χ3n) is 4.61. The molecule has 1 aliphatic heterocycles. The van der Waals surface area contributed by atoms with E-state index in [1.165, 1.54) is 45.3 Å². The van der Waals surface area contributed by atoms with Crippen LogP contribution in [-0.2, 0) is 0 Å². The zero-order valence-electron chi connectivity index (χ0n) is 12.9. The standard InChI is InChI=1S/C15H31N3O/c1-4-13-7-11-18(12-8-13)10-6-5-9-15(2,3)14(16)17-19/h13,19H,4-12H2,1-3H3,(H2,16,17). The van der Waals surface area contributed by atoms with Crippen molar-refractivity contribution < 1.29 is 5.21 Å². The van der Waals surface area contributed by atoms with Crippen molar-refractivity contribution >= 4 is 5.84 Å². The quantitative estimate of drug-likeness (QED) is 0.245. The Morgan fingerprint density at radius 2 is 1.95 bits per heavy atom. The zero-order valence-corrected chi connectivity index (χ0v) is 12.9. The minimum absolute atomic E-state index is 0.191. The van der Waals surface area contributed by atoms with Crippen molar-refractivity contribution in [3.8, 4) is 0 Å². The molecule has 19 heavy (non-hydrogen) atoms. The molecule has 1 rings (SSSR count). The molecule has 0 radical (unpaired) electrons. The maximum absolute atomic E-state index is 8.73. The Morgan fingerprint density at radius 3 is 2.47 bits per heavy atom. The fourth-order valence-electron chi connectivity index (χ4n) is 2.78. The molecule has 4 nitrogen and oxygen atoms in total. The predicted octanol–water partition coefficient (Wildman–Crippen LogP) is 3.05. The van der Waals surface area contributed by atoms with Gasteiger partial charge in [0.2, 0.25) is 0 Å². The molecule has 0 aromatic heterocycles. The van der Waals surface area contributed by atoms with E-state index in [-0.39, 0.29) is 5.41 Å². The van der Waals surface area contributed by atoms with Gasteiger partial charge in [-0.3, -0.25) is 0 Å². The molecule has 0 saturated carbocycles. The van der Waals surface area contributed by atoms with E-state index < -0.39 is 0 Å². The maximum atomic E-state index is 8.73. The highest BCUT2D eigenvalue weighted by Crippen LogP contribution is 2.24. The molecule has 0 unspecified atom stereocenters. The number of nitrogens with zero attached hydrogens (tertiary/aromatic N) is 2. The summed E-state index contributed by atoms with van der Waals surface area (Å²) in [5.74, 6) is 1.30. The molecule has 0 bridgehead atoms. The minimum atomic E-state index is -0.191. The largest absolute Gasteiger partial charge is 0.409 e. The van der Waals surface area contributed by atoms with Gasteiger partial charge in [-0.2, -0.15) is 0 Å². The summed E-state index contributed by atoms with van der Waals surface area (Å²) in [6.07, 6.45) is 7.39. The van der Waals surface area contributed by atoms with E-state index >= 15 is 0 Å². The lowest BCUT2D eigenvalue weighted by atomic mass is 9.86. The summed E-state index contributed by atoms with van der Waals surface area (Å²) in [6, 6.07) is 0. The Morgan fingerprint density at radius 1 is 1.32 bits per heavy atom. The first kappa shape index (κ1) is 16.3. The lowest BCUT2D eigenvalue weighted by Gasteiger charge is -2.31. The Labute approximate surface area is 118 Å². The van der Waals surface area contributed by atoms with Crippen LogP contribution in [0.5, 0.6) is 0 Å². The summed E-state index contributed by atoms with van der Waals surface area (Å²) in [6.45, 7) is 10.1. The monoisotopic (exact) mass is 269 g/mol. The highest BCUT2D eigenvalue weighted by Gasteiger charge is 2.23. The van der Waals surface area contributed by atoms with Crippen LogP contribution in [0.2, 0.25) is 0 Å². The van der Waals surface area contributed by atoms with Crippen LogP contribution in [0.3, 0.4) is 0 Å². The van der Waals surface area contributed by atoms with Gasteiger partial charge >= 0.3 is 0 Å². The molecule has 4 heteroatoms. The molecule has 0 aromatic carbocycles. The van der Waals surface area contributed by atoms with E-state index in [0.29, 0.717) is 5.84 Å². The fourth-order valence-corrected chi connectivity index (χ4v) is 2.78. The van der Waals surface area contributed by atoms with Crippen LogP contribution in [0, 0.1) is 11.3 Å². The van der Waals surface area contributed by atoms with Crippen molar-refractivity contribution in [2.24, 2.45) is 22.2 Å². The van der Waals surface area contributed by atoms with Gasteiger partial charge < -0.3 is 15.8 Å². The SMILES string of the molecule is CCC1CCN(CCCCC(C)(C)C(N)=NO)CC1. The predicted molar refractivity (Wildman–Crippen MR) is 80.5 cm³/mol. The third-order valence-corrected chi connectivity index (χ3v) is 4.61. The van der Waals surface area contributed by atoms with E-state index in [1.807, 2.05) is 13.8 Å². The Bertz CT molecular complexity index is 281. The smallest absolute Gasteiger partial charge is 0.144 e. The van der Waals surface area contributed by atoms with Gasteiger partial charge in [-0.15, -0.1) is 0 Å². The first-order valence-electron chi connectivity index (χ1n) is 7.70. The van der Waals surface area contributed by atoms with Crippen molar-refractivity contribution in [1.82, 2.24) is 4.90 Å². The normalized spacial score (nSPS) is 19.8. The van der Waals surface area contributed by atoms with Crippen molar-refractivity contribution in [2.75, 3.05) is 19.6 Å². The summed E-state index contributed by atoms with van der Waals surface area (Å²) >= 11 is 0. The second kappa shape index (κ2) is 7.73. The maximum Gasteiger partial charge on any atom is 0.144 e. The van der Waals surface area contributed by atoms with Crippen molar-refractivity contribution in [3.05, 3.63) is 0 Å². The topological polar surface area (TPSA) is 61.8 Å². The number of oxime groups is 1. The van der Waals surface area contributed by atoms with Gasteiger partial charge in [-0.05, 0) is 51.2 Å². The molecule has 0 amide bonds. The Kier molecular flexibility index (Phi) is 6.63. The van der Waals surface area contributed by atoms with Crippen LogP contribution in [-0.4, -0.2) is 35.6 Å². The zero-order chi connectivity index (χ0) is 14.3. The lowest BCUT2D eigenvalue weighted by molar-refractivity contribution is 0.177. The number of amidine groups is 1. The van der Waals surface area contributed by atoms with E-state index in [1.54, 1.807) is 0 Å². The highest BCUT2D eigenvalue weighted by atomic mass is 16.4. The van der Waals surface area contributed by atoms with Crippen LogP contribution in [0.15, 0.2) is 5.16 Å². The van der Waals surface area contributed by atoms with Gasteiger partial charge in [-0.1, -0.05) is 38.8 Å². The molecule has 1 saturated heterocycles. The second-order valence-corrected chi connectivity index (χ2v) is 6.52. The van der Waals surface area contributed by atoms with Crippen LogP contribution >= 0.6 is 0 Å². The van der Waals surface area contributed by atoms with E-state index in [4.69, 9.17) is 10.9 Å². The summed E-state index contributed by atoms with van der Waals surface area (Å²) < 4.78 is 0. The second-order valence-electron chi connectivity index (χ2n) is 6.52. The molecule has 0 atom stereocenters. The Hall–Kier alpha value is -0.770. The molecule has 0 aromatic rings. The third kappa shape index (κ3) is 5.39. The number of rotatable bonds is 7. The molecule has 112 valence electrons. The van der Waals surface area contributed by atoms with Gasteiger partial charge in [0.15, 0.2) is 0 Å². The average Bonchev–Trinajstić information content (AvgIpc) is 2.43. The summed E-state index contributed by atoms with van der Waals surface area (Å²) in [4.78, 5) is 2.59. The van der Waals surface area contributed by atoms with Crippen molar-refractivity contribution in [1.29, 1.82) is 0 Å². The van der Waals surface area contributed by atoms with Crippen molar-refractivity contribution in [2.45, 2.75) is 59.3 Å². The molecular formula is C15H31N3O. The molecule has 1 fully saturated rings. The van der Waals surface area contributed by atoms with E-state index in [2.05, 4.69) is 17.0 Å². The van der Waals surface area contributed by atoms with E-state index in [0.717, 1.165) is 18.8 Å². The first-order chi connectivity index (χ1) is 8.99. The summed E-state index contributed by atoms with van der Waals surface area (Å²) in [5.41, 5.74) is 5.51. The van der Waals surface area contributed by atoms with Crippen LogP contribution < -0.4 is 5.73 Å². The van der Waals surface area contributed by atoms with Crippen LogP contribution in [0.4, 0.5) is 0 Å². The lowest BCUT2D eigenvalue weighted by Crippen LogP contribution is -2.35.